The van der Waals surface area contributed by atoms with E-state index in [0.29, 0.717) is 0 Å². The molecular weight excluding hydrogens is 244 g/mol. The molecule has 0 radical (unpaired) electrons. The van der Waals surface area contributed by atoms with Gasteiger partial charge in [-0.3, -0.25) is 10.1 Å². The fourth-order valence-corrected chi connectivity index (χ4v) is 1.38. The van der Waals surface area contributed by atoms with E-state index in [9.17, 15) is 10.1 Å². The highest BCUT2D eigenvalue weighted by Crippen LogP contribution is 2.28. The van der Waals surface area contributed by atoms with Crippen molar-refractivity contribution in [3.63, 3.8) is 0 Å². The zero-order valence-corrected chi connectivity index (χ0v) is 10.4. The summed E-state index contributed by atoms with van der Waals surface area (Å²) < 4.78 is 0. The normalized spacial score (nSPS) is 10.8. The fourth-order valence-electron chi connectivity index (χ4n) is 1.17. The minimum Gasteiger partial charge on any atom is -0.349 e. The third-order valence-electron chi connectivity index (χ3n) is 2.01. The van der Waals surface area contributed by atoms with Crippen molar-refractivity contribution in [1.29, 1.82) is 0 Å². The zero-order valence-electron chi connectivity index (χ0n) is 9.61. The first-order valence-electron chi connectivity index (χ1n) is 4.71. The Hall–Kier alpha value is -1.87. The Labute approximate surface area is 104 Å². The molecule has 90 valence electrons. The molecule has 1 aromatic heterocycles. The predicted octanol–water partition coefficient (Wildman–Crippen LogP) is 2.17. The molecule has 0 unspecified atom stereocenters. The smallest absolute Gasteiger partial charge is 0.332 e. The molecular formula is C10H11ClN4O2. The molecule has 1 rings (SSSR count). The molecule has 0 aliphatic carbocycles. The Kier molecular flexibility index (Phi) is 3.53. The van der Waals surface area contributed by atoms with Gasteiger partial charge in [0.15, 0.2) is 0 Å². The third-order valence-corrected chi connectivity index (χ3v) is 2.17. The first-order chi connectivity index (χ1) is 7.76. The first kappa shape index (κ1) is 13.2. The first-order valence-corrected chi connectivity index (χ1v) is 5.09. The van der Waals surface area contributed by atoms with Crippen LogP contribution in [0.5, 0.6) is 0 Å². The summed E-state index contributed by atoms with van der Waals surface area (Å²) in [5, 5.41) is 13.6. The summed E-state index contributed by atoms with van der Waals surface area (Å²) in [4.78, 5) is 17.9. The SMILES string of the molecule is C#CC(C)(C)Nc1nc(Cl)nc(C)c1[N+](=O)[O-]. The summed E-state index contributed by atoms with van der Waals surface area (Å²) in [5.41, 5.74) is -0.808. The monoisotopic (exact) mass is 254 g/mol. The number of nitro groups is 1. The van der Waals surface area contributed by atoms with Crippen LogP contribution in [0, 0.1) is 29.4 Å². The van der Waals surface area contributed by atoms with Crippen molar-refractivity contribution in [2.75, 3.05) is 5.32 Å². The minimum absolute atomic E-state index is 0.0236. The van der Waals surface area contributed by atoms with Crippen molar-refractivity contribution >= 4 is 23.1 Å². The van der Waals surface area contributed by atoms with Crippen molar-refractivity contribution < 1.29 is 4.92 Å². The van der Waals surface area contributed by atoms with Gasteiger partial charge in [0.05, 0.1) is 10.5 Å². The van der Waals surface area contributed by atoms with Gasteiger partial charge in [-0.25, -0.2) is 4.98 Å². The highest BCUT2D eigenvalue weighted by Gasteiger charge is 2.25. The predicted molar refractivity (Wildman–Crippen MR) is 65.0 cm³/mol. The number of rotatable bonds is 3. The maximum Gasteiger partial charge on any atom is 0.332 e. The van der Waals surface area contributed by atoms with E-state index < -0.39 is 10.5 Å². The molecule has 7 heteroatoms. The lowest BCUT2D eigenvalue weighted by molar-refractivity contribution is -0.385. The number of aromatic nitrogens is 2. The molecule has 0 saturated heterocycles. The van der Waals surface area contributed by atoms with Gasteiger partial charge in [0.25, 0.3) is 0 Å². The molecule has 0 amide bonds. The molecule has 0 bridgehead atoms. The molecule has 0 aromatic carbocycles. The molecule has 0 aliphatic rings. The van der Waals surface area contributed by atoms with Gasteiger partial charge in [-0.1, -0.05) is 5.92 Å². The van der Waals surface area contributed by atoms with E-state index in [0.717, 1.165) is 0 Å². The Morgan fingerprint density at radius 2 is 2.12 bits per heavy atom. The van der Waals surface area contributed by atoms with Crippen LogP contribution in [0.15, 0.2) is 0 Å². The average Bonchev–Trinajstić information content (AvgIpc) is 2.14. The van der Waals surface area contributed by atoms with Crippen LogP contribution in [-0.2, 0) is 0 Å². The van der Waals surface area contributed by atoms with E-state index in [1.54, 1.807) is 13.8 Å². The number of halogens is 1. The van der Waals surface area contributed by atoms with E-state index in [-0.39, 0.29) is 22.5 Å². The van der Waals surface area contributed by atoms with Gasteiger partial charge in [-0.15, -0.1) is 6.42 Å². The maximum atomic E-state index is 10.9. The van der Waals surface area contributed by atoms with E-state index >= 15 is 0 Å². The molecule has 0 atom stereocenters. The topological polar surface area (TPSA) is 81.0 Å². The van der Waals surface area contributed by atoms with Gasteiger partial charge >= 0.3 is 5.69 Å². The van der Waals surface area contributed by atoms with Gasteiger partial charge < -0.3 is 5.32 Å². The summed E-state index contributed by atoms with van der Waals surface area (Å²) in [6.07, 6.45) is 5.30. The minimum atomic E-state index is -0.769. The van der Waals surface area contributed by atoms with Crippen LogP contribution in [0.3, 0.4) is 0 Å². The molecule has 6 nitrogen and oxygen atoms in total. The lowest BCUT2D eigenvalue weighted by Crippen LogP contribution is -2.29. The number of hydrogen-bond donors (Lipinski definition) is 1. The number of terminal acetylenes is 1. The van der Waals surface area contributed by atoms with Crippen LogP contribution in [0.4, 0.5) is 11.5 Å². The molecule has 0 aliphatic heterocycles. The van der Waals surface area contributed by atoms with Crippen molar-refractivity contribution in [2.24, 2.45) is 0 Å². The second-order valence-corrected chi connectivity index (χ2v) is 4.26. The van der Waals surface area contributed by atoms with Gasteiger partial charge in [0.1, 0.15) is 5.69 Å². The molecule has 0 saturated carbocycles. The van der Waals surface area contributed by atoms with Gasteiger partial charge in [-0.2, -0.15) is 4.98 Å². The zero-order chi connectivity index (χ0) is 13.2. The molecule has 1 aromatic rings. The van der Waals surface area contributed by atoms with Crippen LogP contribution in [0.1, 0.15) is 19.5 Å². The summed E-state index contributed by atoms with van der Waals surface area (Å²) >= 11 is 5.66. The highest BCUT2D eigenvalue weighted by molar-refractivity contribution is 6.28. The lowest BCUT2D eigenvalue weighted by atomic mass is 10.1. The van der Waals surface area contributed by atoms with Gasteiger partial charge in [0.2, 0.25) is 11.1 Å². The third kappa shape index (κ3) is 3.04. The maximum absolute atomic E-state index is 10.9. The van der Waals surface area contributed by atoms with Crippen molar-refractivity contribution in [3.05, 3.63) is 21.1 Å². The second-order valence-electron chi connectivity index (χ2n) is 3.93. The van der Waals surface area contributed by atoms with Crippen LogP contribution in [-0.4, -0.2) is 20.4 Å². The van der Waals surface area contributed by atoms with E-state index in [4.69, 9.17) is 18.0 Å². The Morgan fingerprint density at radius 3 is 2.59 bits per heavy atom. The largest absolute Gasteiger partial charge is 0.349 e. The van der Waals surface area contributed by atoms with Crippen molar-refractivity contribution in [1.82, 2.24) is 9.97 Å². The molecule has 17 heavy (non-hydrogen) atoms. The van der Waals surface area contributed by atoms with Crippen LogP contribution in [0.2, 0.25) is 5.28 Å². The Morgan fingerprint density at radius 1 is 1.53 bits per heavy atom. The second kappa shape index (κ2) is 4.55. The van der Waals surface area contributed by atoms with Crippen molar-refractivity contribution in [2.45, 2.75) is 26.3 Å². The quantitative estimate of drug-likeness (QED) is 0.387. The summed E-state index contributed by atoms with van der Waals surface area (Å²) in [5.74, 6) is 2.48. The summed E-state index contributed by atoms with van der Waals surface area (Å²) in [6, 6.07) is 0. The van der Waals surface area contributed by atoms with E-state index in [2.05, 4.69) is 21.2 Å². The standard InChI is InChI=1S/C10H11ClN4O2/c1-5-10(3,4)14-8-7(15(16)17)6(2)12-9(11)13-8/h1H,2-4H3,(H,12,13,14). The summed E-state index contributed by atoms with van der Waals surface area (Å²) in [7, 11) is 0. The lowest BCUT2D eigenvalue weighted by Gasteiger charge is -2.20. The van der Waals surface area contributed by atoms with Crippen molar-refractivity contribution in [3.8, 4) is 12.3 Å². The van der Waals surface area contributed by atoms with E-state index in [1.165, 1.54) is 6.92 Å². The Balaban J connectivity index is 3.32. The number of nitrogens with one attached hydrogen (secondary N) is 1. The highest BCUT2D eigenvalue weighted by atomic mass is 35.5. The van der Waals surface area contributed by atoms with E-state index in [1.807, 2.05) is 0 Å². The average molecular weight is 255 g/mol. The number of hydrogen-bond acceptors (Lipinski definition) is 5. The van der Waals surface area contributed by atoms with Crippen LogP contribution in [0.25, 0.3) is 0 Å². The van der Waals surface area contributed by atoms with Crippen LogP contribution < -0.4 is 5.32 Å². The fraction of sp³-hybridized carbons (Fsp3) is 0.400. The number of aryl methyl sites for hydroxylation is 1. The molecule has 0 fully saturated rings. The molecule has 1 N–H and O–H groups in total. The van der Waals surface area contributed by atoms with Crippen LogP contribution >= 0.6 is 11.6 Å². The summed E-state index contributed by atoms with van der Waals surface area (Å²) in [6.45, 7) is 4.88. The molecule has 0 spiro atoms. The number of anilines is 1. The van der Waals surface area contributed by atoms with Gasteiger partial charge in [0, 0.05) is 0 Å². The van der Waals surface area contributed by atoms with Gasteiger partial charge in [-0.05, 0) is 32.4 Å². The Bertz CT molecular complexity index is 508. The molecule has 1 heterocycles. The number of nitrogens with zero attached hydrogens (tertiary/aromatic N) is 3.